The van der Waals surface area contributed by atoms with Crippen molar-refractivity contribution in [2.24, 2.45) is 55.2 Å². The molecule has 4 aliphatic rings. The molecule has 146 heavy (non-hydrogen) atoms. The van der Waals surface area contributed by atoms with Gasteiger partial charge in [-0.1, -0.05) is 96.2 Å². The zero-order chi connectivity index (χ0) is 110. The highest BCUT2D eigenvalue weighted by Crippen LogP contribution is 2.53. The molecule has 0 aromatic carbocycles. The molecule has 0 radical (unpaired) electrons. The zero-order valence-corrected chi connectivity index (χ0v) is 101. The Kier molecular flexibility index (Phi) is 57.7. The molecule has 4 rings (SSSR count). The van der Waals surface area contributed by atoms with Crippen molar-refractivity contribution in [3.8, 4) is 0 Å². The van der Waals surface area contributed by atoms with E-state index in [0.717, 1.165) is 75.6 Å². The summed E-state index contributed by atoms with van der Waals surface area (Å²) in [6.45, 7) is 68.8. The highest BCUT2D eigenvalue weighted by molar-refractivity contribution is 6.88. The summed E-state index contributed by atoms with van der Waals surface area (Å²) in [5.74, 6) is -3.42. The van der Waals surface area contributed by atoms with Gasteiger partial charge in [0.15, 0.2) is 45.5 Å². The van der Waals surface area contributed by atoms with Gasteiger partial charge in [0.05, 0.1) is 39.6 Å². The van der Waals surface area contributed by atoms with Gasteiger partial charge in [-0.15, -0.1) is 0 Å². The van der Waals surface area contributed by atoms with E-state index in [1.165, 1.54) is 0 Å². The molecule has 0 aliphatic heterocycles. The van der Waals surface area contributed by atoms with Crippen LogP contribution < -0.4 is 21.3 Å². The number of carbonyl (C=O) groups is 12. The molecule has 0 heterocycles. The predicted molar refractivity (Wildman–Crippen MR) is 572 cm³/mol. The van der Waals surface area contributed by atoms with Gasteiger partial charge >= 0.3 is 89.2 Å². The van der Waals surface area contributed by atoms with Crippen molar-refractivity contribution < 1.29 is 150 Å². The lowest BCUT2D eigenvalue weighted by Crippen LogP contribution is -2.52. The molecule has 0 saturated heterocycles. The van der Waals surface area contributed by atoms with Gasteiger partial charge in [-0.3, -0.25) is 28.8 Å². The number of nitrogens with one attached hydrogen (secondary N) is 4. The van der Waals surface area contributed by atoms with Crippen LogP contribution in [-0.2, 0) is 131 Å². The topological polar surface area (TPSA) is 438 Å². The molecule has 36 nitrogen and oxygen atoms in total. The minimum atomic E-state index is -2.52. The maximum Gasteiger partial charge on any atom is 0.407 e. The van der Waals surface area contributed by atoms with Crippen LogP contribution in [0.3, 0.4) is 0 Å². The lowest BCUT2D eigenvalue weighted by atomic mass is 9.60. The molecule has 4 amide bonds. The number of alkyl carbamates (subject to hydrolysis) is 4. The van der Waals surface area contributed by atoms with Crippen molar-refractivity contribution in [2.75, 3.05) is 132 Å². The Bertz CT molecular complexity index is 4010. The first-order valence-electron chi connectivity index (χ1n) is 52.9. The number of amides is 4. The van der Waals surface area contributed by atoms with Gasteiger partial charge in [-0.05, 0) is 288 Å². The van der Waals surface area contributed by atoms with Crippen LogP contribution in [-0.4, -0.2) is 279 Å². The van der Waals surface area contributed by atoms with E-state index in [0.29, 0.717) is 110 Å². The van der Waals surface area contributed by atoms with Crippen LogP contribution in [0.2, 0.25) is 104 Å². The van der Waals surface area contributed by atoms with E-state index < -0.39 is 111 Å². The molecular formula is C104H192N4O32Si6. The van der Waals surface area contributed by atoms with Gasteiger partial charge in [0.1, 0.15) is 59.5 Å². The minimum Gasteiger partial charge on any atom is -0.466 e. The predicted octanol–water partition coefficient (Wildman–Crippen LogP) is 19.5. The summed E-state index contributed by atoms with van der Waals surface area (Å²) in [4.78, 5) is 151. The molecule has 10 unspecified atom stereocenters. The molecule has 0 bridgehead atoms. The van der Waals surface area contributed by atoms with Crippen molar-refractivity contribution in [1.29, 1.82) is 0 Å². The third kappa shape index (κ3) is 62.9. The second-order valence-corrected chi connectivity index (χ2v) is 74.9. The van der Waals surface area contributed by atoms with E-state index in [4.69, 9.17) is 92.3 Å². The molecule has 10 atom stereocenters. The SMILES string of the molecule is C=CC(=O)OCCOC(=O)CC1CC(C)(C)CC(C)(CNC(=O)OCC(COCCC[Si](C)(O[Si](C)(C)C)O[Si](C)(C)C)OC(=O)CC2CC(C)(C)CC(C)(CNC(=O)OCCOCCOC(=O)CCCCC(=O)OCC)C2)C1.C=CC(=O)OCCOC(=O)NC1CC(C)(C)CC(C)(CCC(=O)OC(COCCC[Si](C)(O[Si](C)(C)C)O[Si](C)(C)C)COC(=O)NC2CC(C)(C)CC(C)(CCC(=O)OCCOCC)C2)C1. The Morgan fingerprint density at radius 1 is 0.315 bits per heavy atom. The van der Waals surface area contributed by atoms with E-state index in [2.05, 4.69) is 209 Å². The van der Waals surface area contributed by atoms with E-state index in [9.17, 15) is 57.5 Å². The van der Waals surface area contributed by atoms with Crippen molar-refractivity contribution in [1.82, 2.24) is 21.3 Å². The molecule has 4 N–H and O–H groups in total. The Balaban J connectivity index is 0.000000760. The standard InChI is InChI=1S/C56H102N2O18Si3.C48H90N2O14Si3/c1-16-46(59)69-28-29-71-49(62)31-43-33-53(3,4)39-55(7,35-43)42-58-52(65)73-38-45(37-67-23-20-30-79(15,75-77(9,10)11)76-78(12,13)14)74-50(63)32-44-34-54(5,6)40-56(8,36-44)41-57-51(64)72-27-25-66-24-26-70-48(61)22-19-18-21-47(60)68-17-2;1-16-40(51)58-26-27-60-43(54)49-37-29-45(3,4)36-48(8,31-37)22-20-42(53)62-39(33-57-23-18-28-67(15,63-65(9,10)11)64-66(12,13)14)34-61-44(55)50-38-30-46(5,6)35-47(7,32-38)21-19-41(52)59-25-24-56-17-2/h16,43-45H,1,17-42H2,2-15H3,(H,57,64)(H,58,65);16,37-39H,1,17-36H2,2-15H3,(H,49,54)(H,50,55). The summed E-state index contributed by atoms with van der Waals surface area (Å²) in [5.41, 5.74) is -1.74. The maximum absolute atomic E-state index is 13.9. The first-order valence-corrected chi connectivity index (χ1v) is 71.6. The van der Waals surface area contributed by atoms with E-state index in [-0.39, 0.29) is 216 Å². The normalized spacial score (nSPS) is 22.2. The summed E-state index contributed by atoms with van der Waals surface area (Å²) in [6, 6.07) is 1.10. The summed E-state index contributed by atoms with van der Waals surface area (Å²) >= 11 is 0. The molecule has 0 aromatic rings. The summed E-state index contributed by atoms with van der Waals surface area (Å²) in [5, 5.41) is 11.9. The number of esters is 8. The fourth-order valence-corrected chi connectivity index (χ4v) is 47.3. The highest BCUT2D eigenvalue weighted by atomic mass is 28.5. The minimum absolute atomic E-state index is 0.000490. The largest absolute Gasteiger partial charge is 0.466 e. The average molecular weight is 2180 g/mol. The monoisotopic (exact) mass is 2180 g/mol. The first kappa shape index (κ1) is 133. The fourth-order valence-electron chi connectivity index (χ4n) is 22.3. The lowest BCUT2D eigenvalue weighted by molar-refractivity contribution is -0.157. The number of rotatable bonds is 66. The number of ether oxygens (including phenoxy) is 16. The fraction of sp³-hybridized carbons (Fsp3) is 0.846. The summed E-state index contributed by atoms with van der Waals surface area (Å²) in [6.07, 6.45) is 11.5. The quantitative estimate of drug-likeness (QED) is 0.0144. The molecule has 0 aromatic heterocycles. The Hall–Kier alpha value is -6.70. The van der Waals surface area contributed by atoms with Gasteiger partial charge in [-0.25, -0.2) is 28.8 Å². The van der Waals surface area contributed by atoms with E-state index >= 15 is 0 Å². The molecule has 4 aliphatic carbocycles. The van der Waals surface area contributed by atoms with Crippen LogP contribution in [0, 0.1) is 55.2 Å². The Labute approximate surface area is 880 Å². The van der Waals surface area contributed by atoms with Crippen LogP contribution in [0.5, 0.6) is 0 Å². The van der Waals surface area contributed by atoms with Crippen LogP contribution in [0.4, 0.5) is 19.2 Å². The van der Waals surface area contributed by atoms with E-state index in [1.54, 1.807) is 6.92 Å². The highest BCUT2D eigenvalue weighted by Gasteiger charge is 2.49. The Morgan fingerprint density at radius 2 is 0.644 bits per heavy atom. The number of hydrogen-bond acceptors (Lipinski definition) is 32. The first-order chi connectivity index (χ1) is 67.5. The number of carbonyl (C=O) groups excluding carboxylic acids is 12. The summed E-state index contributed by atoms with van der Waals surface area (Å²) in [7, 11) is -12.6. The Morgan fingerprint density at radius 3 is 1.06 bits per heavy atom. The van der Waals surface area contributed by atoms with Gasteiger partial charge in [0, 0.05) is 95.7 Å². The van der Waals surface area contributed by atoms with Crippen LogP contribution in [0.1, 0.15) is 251 Å². The average Bonchev–Trinajstić information content (AvgIpc) is 0.795. The van der Waals surface area contributed by atoms with Gasteiger partial charge in [0.25, 0.3) is 0 Å². The third-order valence-electron chi connectivity index (χ3n) is 25.1. The maximum atomic E-state index is 13.9. The van der Waals surface area contributed by atoms with Gasteiger partial charge in [-0.2, -0.15) is 0 Å². The zero-order valence-electron chi connectivity index (χ0n) is 94.6. The lowest BCUT2D eigenvalue weighted by Gasteiger charge is -2.46. The van der Waals surface area contributed by atoms with Crippen molar-refractivity contribution in [3.63, 3.8) is 0 Å². The summed E-state index contributed by atoms with van der Waals surface area (Å²) < 4.78 is 114. The van der Waals surface area contributed by atoms with E-state index in [1.807, 2.05) is 6.92 Å². The van der Waals surface area contributed by atoms with Crippen LogP contribution >= 0.6 is 0 Å². The second-order valence-electron chi connectivity index (χ2n) is 49.2. The smallest absolute Gasteiger partial charge is 0.407 e. The molecule has 844 valence electrons. The molecular weight excluding hydrogens is 1990 g/mol. The van der Waals surface area contributed by atoms with Crippen LogP contribution in [0.15, 0.2) is 25.3 Å². The molecule has 42 heteroatoms. The third-order valence-corrected chi connectivity index (χ3v) is 44.3. The number of hydrogen-bond donors (Lipinski definition) is 4. The molecule has 0 spiro atoms. The van der Waals surface area contributed by atoms with Gasteiger partial charge < -0.3 is 114 Å². The molecule has 4 saturated carbocycles. The van der Waals surface area contributed by atoms with Crippen molar-refractivity contribution in [2.45, 2.75) is 379 Å². The number of unbranched alkanes of at least 4 members (excludes halogenated alkanes) is 1. The molecule has 4 fully saturated rings. The van der Waals surface area contributed by atoms with Crippen molar-refractivity contribution >= 4 is 123 Å². The van der Waals surface area contributed by atoms with Gasteiger partial charge in [0.2, 0.25) is 0 Å². The van der Waals surface area contributed by atoms with Crippen molar-refractivity contribution in [3.05, 3.63) is 25.3 Å². The second kappa shape index (κ2) is 63.1. The van der Waals surface area contributed by atoms with Crippen LogP contribution in [0.25, 0.3) is 0 Å².